The molecule has 6 heterocycles. The molecule has 10 rings (SSSR count). The molecule has 2 aromatic rings. The van der Waals surface area contributed by atoms with Gasteiger partial charge in [0.1, 0.15) is 17.8 Å². The number of hydrogen-bond donors (Lipinski definition) is 3. The Morgan fingerprint density at radius 3 is 1.40 bits per heavy atom. The van der Waals surface area contributed by atoms with Crippen LogP contribution in [0.4, 0.5) is 0 Å². The van der Waals surface area contributed by atoms with E-state index in [1.807, 2.05) is 32.8 Å². The number of ether oxygens (including phenoxy) is 6. The second kappa shape index (κ2) is 22.4. The average Bonchev–Trinajstić information content (AvgIpc) is 3.63. The van der Waals surface area contributed by atoms with Gasteiger partial charge in [0.2, 0.25) is 23.4 Å². The largest absolute Gasteiger partial charge is 0.507 e. The van der Waals surface area contributed by atoms with Gasteiger partial charge in [0.15, 0.2) is 48.2 Å². The van der Waals surface area contributed by atoms with Crippen LogP contribution in [0.2, 0.25) is 0 Å². The number of nitrogens with one attached hydrogen (secondary N) is 2. The molecule has 424 valence electrons. The molecule has 2 amide bonds. The Bertz CT molecular complexity index is 3240. The lowest BCUT2D eigenvalue weighted by Gasteiger charge is -2.60. The van der Waals surface area contributed by atoms with Gasteiger partial charge in [0.05, 0.1) is 50.5 Å². The van der Waals surface area contributed by atoms with Crippen LogP contribution in [-0.4, -0.2) is 177 Å². The predicted octanol–water partition coefficient (Wildman–Crippen LogP) is 3.80. The lowest BCUT2D eigenvalue weighted by molar-refractivity contribution is -0.134. The highest BCUT2D eigenvalue weighted by molar-refractivity contribution is 6.50. The molecule has 0 aromatic heterocycles. The first-order chi connectivity index (χ1) is 38.1. The Kier molecular flexibility index (Phi) is 16.1. The molecule has 0 spiro atoms. The van der Waals surface area contributed by atoms with Crippen molar-refractivity contribution < 1.29 is 62.3 Å². The van der Waals surface area contributed by atoms with Crippen molar-refractivity contribution in [3.05, 3.63) is 90.3 Å². The van der Waals surface area contributed by atoms with Crippen LogP contribution in [-0.2, 0) is 51.1 Å². The summed E-state index contributed by atoms with van der Waals surface area (Å²) in [6.07, 6.45) is 1.63. The zero-order chi connectivity index (χ0) is 58.1. The van der Waals surface area contributed by atoms with E-state index in [4.69, 9.17) is 28.4 Å². The van der Waals surface area contributed by atoms with Crippen molar-refractivity contribution >= 4 is 34.9 Å². The van der Waals surface area contributed by atoms with Gasteiger partial charge >= 0.3 is 0 Å². The molecule has 2 fully saturated rings. The molecule has 80 heavy (non-hydrogen) atoms. The number of ketones is 4. The lowest BCUT2D eigenvalue weighted by Crippen LogP contribution is -2.71. The number of benzene rings is 2. The predicted molar refractivity (Wildman–Crippen MR) is 288 cm³/mol. The number of Topliss-reactive ketones (excluding diaryl/α,β-unsaturated/α-hetero) is 4. The van der Waals surface area contributed by atoms with Gasteiger partial charge in [-0.05, 0) is 96.7 Å². The number of piperazine rings is 2. The molecule has 8 aliphatic rings. The molecule has 2 unspecified atom stereocenters. The maximum Gasteiger partial charge on any atom is 0.232 e. The number of methoxy groups -OCH3 is 4. The molecule has 2 aromatic carbocycles. The molecule has 4 bridgehead atoms. The van der Waals surface area contributed by atoms with E-state index in [0.29, 0.717) is 70.1 Å². The Hall–Kier alpha value is -7.24. The van der Waals surface area contributed by atoms with E-state index in [0.717, 1.165) is 33.4 Å². The number of hydrogen-bond acceptors (Lipinski definition) is 19. The van der Waals surface area contributed by atoms with Crippen molar-refractivity contribution in [1.29, 1.82) is 10.5 Å². The molecule has 2 saturated heterocycles. The zero-order valence-corrected chi connectivity index (χ0v) is 47.6. The molecule has 21 heteroatoms. The lowest BCUT2D eigenvalue weighted by atomic mass is 9.69. The van der Waals surface area contributed by atoms with Crippen molar-refractivity contribution in [2.45, 2.75) is 135 Å². The van der Waals surface area contributed by atoms with Gasteiger partial charge in [-0.15, -0.1) is 0 Å². The Balaban J connectivity index is 0.000000194. The SMILES string of the molecule is COCOc1c(OC)c(C)cc2c1[C@@H]1C3CC4=C(C(=O)C(=O)C(C)=C4O)[C@H](CNC(C)=O)N3[C@@H](C#N)[C@H](C2)N1C.COCOc1c(OC)c(C)cc2c1[C@@H]1C3CC4=C(C(=O)C(C)=C(C)C4=O)[C@H](CNC(C)=O)N3[C@@H](C#N)[C@H](C2)N1C. The van der Waals surface area contributed by atoms with E-state index >= 15 is 0 Å². The molecule has 3 N–H and O–H groups in total. The van der Waals surface area contributed by atoms with E-state index in [2.05, 4.69) is 49.6 Å². The summed E-state index contributed by atoms with van der Waals surface area (Å²) in [7, 11) is 10.3. The number of likely N-dealkylation sites (N-methyl/N-ethyl adjacent to an activating group) is 2. The number of nitriles is 2. The van der Waals surface area contributed by atoms with Crippen LogP contribution in [0.25, 0.3) is 0 Å². The van der Waals surface area contributed by atoms with Gasteiger partial charge in [0, 0.05) is 115 Å². The fraction of sp³-hybridized carbons (Fsp3) is 0.525. The average molecular weight is 1100 g/mol. The standard InChI is InChI=1S/C30H36N4O6.C29H34N4O7/c1-14-8-18-9-20-22(11-31)34-21(26(33(20)5)24(18)30(29(14)39-7)40-13-38-6)10-19-25(23(34)12-32-17(4)35)28(37)16(3)15(2)27(19)36;1-13-7-16-8-18-20(10-30)33-19(24(32(18)4)22(16)29(28(13)39-6)40-12-38-5)9-17-23(21(33)11-31-15(3)34)27(37)26(36)14(2)25(17)35/h8,20-23,26H,9-10,12-13H2,1-7H3,(H,32,35);7,18-21,24,35H,8-9,11-12H2,1-6H3,(H,31,34)/t20-,21?,22-,23-,26-;18-,19?,20-,21-,24-/m00/s1. The molecule has 2 aliphatic carbocycles. The van der Waals surface area contributed by atoms with Crippen LogP contribution >= 0.6 is 0 Å². The van der Waals surface area contributed by atoms with Gasteiger partial charge in [-0.1, -0.05) is 12.1 Å². The van der Waals surface area contributed by atoms with Crippen LogP contribution in [0.1, 0.15) is 92.9 Å². The Morgan fingerprint density at radius 1 is 0.588 bits per heavy atom. The molecule has 10 atom stereocenters. The van der Waals surface area contributed by atoms with Crippen molar-refractivity contribution in [2.75, 3.05) is 69.2 Å². The fourth-order valence-corrected chi connectivity index (χ4v) is 14.2. The summed E-state index contributed by atoms with van der Waals surface area (Å²) in [5, 5.41) is 37.9. The maximum absolute atomic E-state index is 13.7. The summed E-state index contributed by atoms with van der Waals surface area (Å²) in [5.74, 6) is -0.250. The number of carbonyl (C=O) groups is 6. The molecular formula is C59H70N8O13. The van der Waals surface area contributed by atoms with E-state index in [1.54, 1.807) is 35.2 Å². The van der Waals surface area contributed by atoms with Crippen LogP contribution in [0, 0.1) is 36.5 Å². The second-order valence-electron chi connectivity index (χ2n) is 21.9. The normalized spacial score (nSPS) is 28.0. The first kappa shape index (κ1) is 57.4. The summed E-state index contributed by atoms with van der Waals surface area (Å²) in [5.41, 5.74) is 8.00. The highest BCUT2D eigenvalue weighted by atomic mass is 16.7. The quantitative estimate of drug-likeness (QED) is 0.118. The van der Waals surface area contributed by atoms with Crippen molar-refractivity contribution in [3.8, 4) is 35.1 Å². The highest BCUT2D eigenvalue weighted by Crippen LogP contribution is 2.56. The summed E-state index contributed by atoms with van der Waals surface area (Å²) in [6, 6.07) is 4.73. The number of aryl methyl sites for hydroxylation is 2. The number of rotatable bonds is 12. The van der Waals surface area contributed by atoms with Gasteiger partial charge in [-0.2, -0.15) is 10.5 Å². The van der Waals surface area contributed by atoms with Gasteiger partial charge < -0.3 is 44.2 Å². The highest BCUT2D eigenvalue weighted by Gasteiger charge is 2.60. The maximum atomic E-state index is 13.7. The summed E-state index contributed by atoms with van der Waals surface area (Å²) < 4.78 is 34.3. The minimum Gasteiger partial charge on any atom is -0.507 e. The number of nitrogens with zero attached hydrogens (tertiary/aromatic N) is 6. The number of amides is 2. The van der Waals surface area contributed by atoms with Gasteiger partial charge in [-0.25, -0.2) is 0 Å². The van der Waals surface area contributed by atoms with E-state index in [1.165, 1.54) is 27.9 Å². The van der Waals surface area contributed by atoms with E-state index in [9.17, 15) is 44.4 Å². The fourth-order valence-electron chi connectivity index (χ4n) is 14.2. The molecule has 0 radical (unpaired) electrons. The number of allylic oxidation sites excluding steroid dienone is 4. The molecule has 6 aliphatic heterocycles. The Morgan fingerprint density at radius 2 is 1.00 bits per heavy atom. The molecule has 0 saturated carbocycles. The number of aliphatic hydroxyl groups excluding tert-OH is 1. The second-order valence-corrected chi connectivity index (χ2v) is 21.9. The van der Waals surface area contributed by atoms with Crippen LogP contribution < -0.4 is 29.6 Å². The van der Waals surface area contributed by atoms with E-state index in [-0.39, 0.29) is 104 Å². The Labute approximate surface area is 465 Å². The van der Waals surface area contributed by atoms with Crippen LogP contribution in [0.5, 0.6) is 23.0 Å². The smallest absolute Gasteiger partial charge is 0.232 e. The summed E-state index contributed by atoms with van der Waals surface area (Å²) >= 11 is 0. The number of aliphatic hydroxyl groups is 1. The zero-order valence-electron chi connectivity index (χ0n) is 47.6. The third-order valence-electron chi connectivity index (χ3n) is 17.8. The number of carbonyl (C=O) groups excluding carboxylic acids is 6. The summed E-state index contributed by atoms with van der Waals surface area (Å²) in [4.78, 5) is 86.1. The van der Waals surface area contributed by atoms with Crippen molar-refractivity contribution in [1.82, 2.24) is 30.2 Å². The first-order valence-corrected chi connectivity index (χ1v) is 26.8. The van der Waals surface area contributed by atoms with Gasteiger partial charge in [0.25, 0.3) is 0 Å². The topological polar surface area (TPSA) is 263 Å². The monoisotopic (exact) mass is 1100 g/mol. The number of fused-ring (bicyclic) bond motifs is 12. The third kappa shape index (κ3) is 9.08. The van der Waals surface area contributed by atoms with Crippen LogP contribution in [0.3, 0.4) is 0 Å². The summed E-state index contributed by atoms with van der Waals surface area (Å²) in [6.45, 7) is 11.7. The molecular weight excluding hydrogens is 1030 g/mol. The van der Waals surface area contributed by atoms with Gasteiger partial charge in [-0.3, -0.25) is 48.4 Å². The van der Waals surface area contributed by atoms with E-state index < -0.39 is 41.8 Å². The van der Waals surface area contributed by atoms with Crippen molar-refractivity contribution in [3.63, 3.8) is 0 Å². The van der Waals surface area contributed by atoms with Crippen LogP contribution in [0.15, 0.2) is 56.9 Å². The third-order valence-corrected chi connectivity index (χ3v) is 17.8. The minimum atomic E-state index is -0.787. The minimum absolute atomic E-state index is 0.000180. The first-order valence-electron chi connectivity index (χ1n) is 26.8. The van der Waals surface area contributed by atoms with Crippen molar-refractivity contribution in [2.24, 2.45) is 0 Å². The molecule has 21 nitrogen and oxygen atoms in total.